The summed E-state index contributed by atoms with van der Waals surface area (Å²) in [6.45, 7) is 1.15. The van der Waals surface area contributed by atoms with Gasteiger partial charge in [0, 0.05) is 44.4 Å². The van der Waals surface area contributed by atoms with Crippen LogP contribution in [0.3, 0.4) is 0 Å². The number of carbonyl (C=O) groups excluding carboxylic acids is 3. The summed E-state index contributed by atoms with van der Waals surface area (Å²) in [7, 11) is 0.564. The number of fused-ring (bicyclic) bond motifs is 1. The van der Waals surface area contributed by atoms with Crippen LogP contribution in [0.25, 0.3) is 0 Å². The molecule has 1 aromatic rings. The number of hydrogen-bond donors (Lipinski definition) is 1. The van der Waals surface area contributed by atoms with Crippen LogP contribution in [0.15, 0.2) is 18.2 Å². The number of amides is 4. The van der Waals surface area contributed by atoms with Crippen LogP contribution in [0.4, 0.5) is 10.5 Å². The summed E-state index contributed by atoms with van der Waals surface area (Å²) in [5.41, 5.74) is -0.154. The molecule has 33 heavy (non-hydrogen) atoms. The standard InChI is InChI=1S/C20H27N5O7S/c1-22(2)9-10-23(15-6-11-33(31,32)13-15)20(28)21-7-3-8-24-18(26)16-5-4-14(25(29)30)12-17(16)19(24)27/h4-5,12,15H,3,6-11,13H2,1-2H3,(H,21,28). The Morgan fingerprint density at radius 3 is 2.52 bits per heavy atom. The second kappa shape index (κ2) is 9.83. The third kappa shape index (κ3) is 5.66. The number of imide groups is 1. The molecule has 0 aliphatic carbocycles. The summed E-state index contributed by atoms with van der Waals surface area (Å²) in [5, 5.41) is 13.7. The van der Waals surface area contributed by atoms with Crippen molar-refractivity contribution in [3.63, 3.8) is 0 Å². The number of benzene rings is 1. The number of nitro groups is 1. The van der Waals surface area contributed by atoms with Crippen molar-refractivity contribution in [2.45, 2.75) is 18.9 Å². The molecule has 2 aliphatic heterocycles. The minimum Gasteiger partial charge on any atom is -0.338 e. The van der Waals surface area contributed by atoms with Crippen molar-refractivity contribution in [2.24, 2.45) is 0 Å². The van der Waals surface area contributed by atoms with Gasteiger partial charge < -0.3 is 15.1 Å². The Bertz CT molecular complexity index is 1070. The Labute approximate surface area is 191 Å². The Morgan fingerprint density at radius 1 is 1.21 bits per heavy atom. The van der Waals surface area contributed by atoms with Gasteiger partial charge in [-0.05, 0) is 33.0 Å². The molecule has 13 heteroatoms. The molecule has 0 aromatic heterocycles. The van der Waals surface area contributed by atoms with Crippen molar-refractivity contribution in [2.75, 3.05) is 51.8 Å². The van der Waals surface area contributed by atoms with Gasteiger partial charge >= 0.3 is 6.03 Å². The van der Waals surface area contributed by atoms with Gasteiger partial charge in [-0.25, -0.2) is 13.2 Å². The zero-order valence-corrected chi connectivity index (χ0v) is 19.3. The first-order chi connectivity index (χ1) is 15.5. The van der Waals surface area contributed by atoms with E-state index in [0.29, 0.717) is 19.5 Å². The molecule has 3 rings (SSSR count). The molecule has 1 unspecified atom stereocenters. The lowest BCUT2D eigenvalue weighted by molar-refractivity contribution is -0.384. The number of likely N-dealkylation sites (N-methyl/N-ethyl adjacent to an activating group) is 1. The second-order valence-electron chi connectivity index (χ2n) is 8.39. The Morgan fingerprint density at radius 2 is 1.91 bits per heavy atom. The molecule has 1 atom stereocenters. The van der Waals surface area contributed by atoms with Gasteiger partial charge in [0.2, 0.25) is 0 Å². The number of hydrogen-bond acceptors (Lipinski definition) is 8. The van der Waals surface area contributed by atoms with Crippen molar-refractivity contribution in [1.29, 1.82) is 0 Å². The molecule has 0 spiro atoms. The highest BCUT2D eigenvalue weighted by Gasteiger charge is 2.37. The molecular weight excluding hydrogens is 454 g/mol. The Balaban J connectivity index is 1.55. The van der Waals surface area contributed by atoms with Crippen molar-refractivity contribution in [3.05, 3.63) is 39.4 Å². The molecular formula is C20H27N5O7S. The first-order valence-corrected chi connectivity index (χ1v) is 12.4. The summed E-state index contributed by atoms with van der Waals surface area (Å²) < 4.78 is 23.7. The largest absolute Gasteiger partial charge is 0.338 e. The number of urea groups is 1. The molecule has 0 saturated carbocycles. The minimum atomic E-state index is -3.15. The number of sulfone groups is 1. The van der Waals surface area contributed by atoms with E-state index in [1.54, 1.807) is 0 Å². The fraction of sp³-hybridized carbons (Fsp3) is 0.550. The van der Waals surface area contributed by atoms with Gasteiger partial charge in [0.15, 0.2) is 9.84 Å². The molecule has 1 saturated heterocycles. The number of rotatable bonds is 9. The van der Waals surface area contributed by atoms with Crippen molar-refractivity contribution in [1.82, 2.24) is 20.0 Å². The maximum absolute atomic E-state index is 12.7. The average Bonchev–Trinajstić information content (AvgIpc) is 3.22. The van der Waals surface area contributed by atoms with Crippen molar-refractivity contribution < 1.29 is 27.7 Å². The number of nitro benzene ring substituents is 1. The zero-order chi connectivity index (χ0) is 24.3. The highest BCUT2D eigenvalue weighted by atomic mass is 32.2. The van der Waals surface area contributed by atoms with Crippen LogP contribution in [0.2, 0.25) is 0 Å². The molecule has 4 amide bonds. The number of carbonyl (C=O) groups is 3. The molecule has 0 bridgehead atoms. The van der Waals surface area contributed by atoms with Crippen LogP contribution in [-0.4, -0.2) is 104 Å². The maximum Gasteiger partial charge on any atom is 0.317 e. The van der Waals surface area contributed by atoms with Crippen LogP contribution in [0.1, 0.15) is 33.6 Å². The van der Waals surface area contributed by atoms with Gasteiger partial charge in [-0.15, -0.1) is 0 Å². The highest BCUT2D eigenvalue weighted by molar-refractivity contribution is 7.91. The SMILES string of the molecule is CN(C)CCN(C(=O)NCCCN1C(=O)c2ccc([N+](=O)[O-])cc2C1=O)C1CCS(=O)(=O)C1. The highest BCUT2D eigenvalue weighted by Crippen LogP contribution is 2.26. The average molecular weight is 482 g/mol. The Kier molecular flexibility index (Phi) is 7.32. The summed E-state index contributed by atoms with van der Waals surface area (Å²) in [6, 6.07) is 2.77. The van der Waals surface area contributed by atoms with Crippen molar-refractivity contribution in [3.8, 4) is 0 Å². The molecule has 12 nitrogen and oxygen atoms in total. The lowest BCUT2D eigenvalue weighted by atomic mass is 10.1. The molecule has 2 heterocycles. The van der Waals surface area contributed by atoms with E-state index in [9.17, 15) is 32.9 Å². The third-order valence-corrected chi connectivity index (χ3v) is 7.45. The van der Waals surface area contributed by atoms with Gasteiger partial charge in [0.25, 0.3) is 17.5 Å². The summed E-state index contributed by atoms with van der Waals surface area (Å²) in [5.74, 6) is -1.13. The van der Waals surface area contributed by atoms with E-state index >= 15 is 0 Å². The van der Waals surface area contributed by atoms with Crippen LogP contribution < -0.4 is 5.32 Å². The fourth-order valence-corrected chi connectivity index (χ4v) is 5.64. The van der Waals surface area contributed by atoms with Crippen molar-refractivity contribution >= 4 is 33.4 Å². The van der Waals surface area contributed by atoms with E-state index < -0.39 is 32.6 Å². The predicted molar refractivity (Wildman–Crippen MR) is 119 cm³/mol. The minimum absolute atomic E-state index is 0.00413. The van der Waals surface area contributed by atoms with Gasteiger partial charge in [-0.2, -0.15) is 0 Å². The fourth-order valence-electron chi connectivity index (χ4n) is 3.91. The van der Waals surface area contributed by atoms with E-state index in [2.05, 4.69) is 5.32 Å². The predicted octanol–water partition coefficient (Wildman–Crippen LogP) is 0.341. The maximum atomic E-state index is 12.7. The van der Waals surface area contributed by atoms with Gasteiger partial charge in [-0.1, -0.05) is 0 Å². The van der Waals surface area contributed by atoms with Crippen LogP contribution in [0.5, 0.6) is 0 Å². The molecule has 1 aromatic carbocycles. The van der Waals surface area contributed by atoms with Gasteiger partial charge in [0.05, 0.1) is 27.6 Å². The monoisotopic (exact) mass is 481 g/mol. The van der Waals surface area contributed by atoms with E-state index in [1.807, 2.05) is 19.0 Å². The topological polar surface area (TPSA) is 150 Å². The quantitative estimate of drug-likeness (QED) is 0.230. The molecule has 1 fully saturated rings. The van der Waals surface area contributed by atoms with E-state index in [0.717, 1.165) is 11.0 Å². The number of non-ortho nitro benzene ring substituents is 1. The van der Waals surface area contributed by atoms with E-state index in [4.69, 9.17) is 0 Å². The first kappa shape index (κ1) is 24.6. The van der Waals surface area contributed by atoms with Crippen LogP contribution in [0, 0.1) is 10.1 Å². The summed E-state index contributed by atoms with van der Waals surface area (Å²) >= 11 is 0. The van der Waals surface area contributed by atoms with Crippen LogP contribution >= 0.6 is 0 Å². The number of nitrogens with zero attached hydrogens (tertiary/aromatic N) is 4. The smallest absolute Gasteiger partial charge is 0.317 e. The van der Waals surface area contributed by atoms with Crippen LogP contribution in [-0.2, 0) is 9.84 Å². The molecule has 1 N–H and O–H groups in total. The van der Waals surface area contributed by atoms with E-state index in [1.165, 1.54) is 17.0 Å². The summed E-state index contributed by atoms with van der Waals surface area (Å²) in [6.07, 6.45) is 0.675. The van der Waals surface area contributed by atoms with Gasteiger partial charge in [0.1, 0.15) is 0 Å². The zero-order valence-electron chi connectivity index (χ0n) is 18.5. The van der Waals surface area contributed by atoms with Gasteiger partial charge in [-0.3, -0.25) is 24.6 Å². The summed E-state index contributed by atoms with van der Waals surface area (Å²) in [4.78, 5) is 52.5. The number of nitrogens with one attached hydrogen (secondary N) is 1. The molecule has 2 aliphatic rings. The third-order valence-electron chi connectivity index (χ3n) is 5.70. The lowest BCUT2D eigenvalue weighted by Crippen LogP contribution is -2.49. The normalized spacial score (nSPS) is 19.1. The second-order valence-corrected chi connectivity index (χ2v) is 10.6. The Hall–Kier alpha value is -3.06. The van der Waals surface area contributed by atoms with E-state index in [-0.39, 0.29) is 53.9 Å². The molecule has 180 valence electrons. The molecule has 0 radical (unpaired) electrons. The lowest BCUT2D eigenvalue weighted by Gasteiger charge is -2.29. The first-order valence-electron chi connectivity index (χ1n) is 10.5.